The van der Waals surface area contributed by atoms with E-state index in [9.17, 15) is 0 Å². The maximum absolute atomic E-state index is 5.02. The molecule has 2 aliphatic heterocycles. The van der Waals surface area contributed by atoms with Gasteiger partial charge in [-0.25, -0.2) is 4.99 Å². The Kier molecular flexibility index (Phi) is 3.48. The highest BCUT2D eigenvalue weighted by Crippen LogP contribution is 2.39. The first-order valence-electron chi connectivity index (χ1n) is 7.68. The predicted molar refractivity (Wildman–Crippen MR) is 94.3 cm³/mol. The zero-order chi connectivity index (χ0) is 15.1. The third-order valence-corrected chi connectivity index (χ3v) is 5.20. The molecule has 1 fully saturated rings. The van der Waals surface area contributed by atoms with Gasteiger partial charge in [0.1, 0.15) is 5.00 Å². The first-order valence-corrected chi connectivity index (χ1v) is 8.50. The van der Waals surface area contributed by atoms with Crippen molar-refractivity contribution in [3.63, 3.8) is 0 Å². The Labute approximate surface area is 134 Å². The Bertz CT molecular complexity index is 734. The quantitative estimate of drug-likeness (QED) is 0.850. The SMILES string of the molecule is Cc1cc2c(s1)Nc1ccccc1N=C2C1CN(C)CCN1. The van der Waals surface area contributed by atoms with Gasteiger partial charge in [-0.15, -0.1) is 11.3 Å². The zero-order valence-electron chi connectivity index (χ0n) is 12.9. The second kappa shape index (κ2) is 5.50. The van der Waals surface area contributed by atoms with Crippen LogP contribution in [0.2, 0.25) is 0 Å². The van der Waals surface area contributed by atoms with Crippen molar-refractivity contribution in [3.05, 3.63) is 40.8 Å². The molecule has 0 bridgehead atoms. The Morgan fingerprint density at radius 1 is 1.32 bits per heavy atom. The fourth-order valence-corrected chi connectivity index (χ4v) is 4.07. The van der Waals surface area contributed by atoms with Crippen LogP contribution in [0.3, 0.4) is 0 Å². The van der Waals surface area contributed by atoms with Gasteiger partial charge >= 0.3 is 0 Å². The van der Waals surface area contributed by atoms with Gasteiger partial charge < -0.3 is 15.5 Å². The number of nitrogens with zero attached hydrogens (tertiary/aromatic N) is 2. The average molecular weight is 312 g/mol. The molecular formula is C17H20N4S. The molecule has 1 unspecified atom stereocenters. The number of aryl methyl sites for hydroxylation is 1. The lowest BCUT2D eigenvalue weighted by atomic mass is 10.0. The van der Waals surface area contributed by atoms with Crippen molar-refractivity contribution in [1.29, 1.82) is 0 Å². The van der Waals surface area contributed by atoms with Crippen molar-refractivity contribution in [2.24, 2.45) is 4.99 Å². The standard InChI is InChI=1S/C17H20N4S/c1-11-9-12-16(15-10-21(2)8-7-18-15)19-13-5-3-4-6-14(13)20-17(12)22-11/h3-6,9,15,18,20H,7-8,10H2,1-2H3. The normalized spacial score (nSPS) is 21.4. The lowest BCUT2D eigenvalue weighted by molar-refractivity contribution is 0.269. The average Bonchev–Trinajstić information content (AvgIpc) is 2.79. The van der Waals surface area contributed by atoms with Crippen LogP contribution in [0.1, 0.15) is 10.4 Å². The van der Waals surface area contributed by atoms with Crippen LogP contribution < -0.4 is 10.6 Å². The molecule has 2 aromatic rings. The van der Waals surface area contributed by atoms with E-state index in [1.807, 2.05) is 6.07 Å². The number of piperazine rings is 1. The highest BCUT2D eigenvalue weighted by atomic mass is 32.1. The van der Waals surface area contributed by atoms with Gasteiger partial charge in [0.05, 0.1) is 23.1 Å². The number of hydrogen-bond donors (Lipinski definition) is 2. The van der Waals surface area contributed by atoms with Gasteiger partial charge in [0.15, 0.2) is 0 Å². The van der Waals surface area contributed by atoms with Crippen molar-refractivity contribution in [2.45, 2.75) is 13.0 Å². The van der Waals surface area contributed by atoms with Crippen molar-refractivity contribution in [2.75, 3.05) is 32.0 Å². The zero-order valence-corrected chi connectivity index (χ0v) is 13.7. The summed E-state index contributed by atoms with van der Waals surface area (Å²) >= 11 is 1.80. The second-order valence-electron chi connectivity index (χ2n) is 6.01. The molecule has 1 atom stereocenters. The summed E-state index contributed by atoms with van der Waals surface area (Å²) in [7, 11) is 2.18. The van der Waals surface area contributed by atoms with Crippen LogP contribution in [0.15, 0.2) is 35.3 Å². The first kappa shape index (κ1) is 13.9. The van der Waals surface area contributed by atoms with E-state index in [1.165, 1.54) is 15.4 Å². The van der Waals surface area contributed by atoms with E-state index >= 15 is 0 Å². The molecule has 0 saturated carbocycles. The van der Waals surface area contributed by atoms with Crippen LogP contribution >= 0.6 is 11.3 Å². The molecule has 1 aromatic carbocycles. The van der Waals surface area contributed by atoms with Crippen molar-refractivity contribution in [3.8, 4) is 0 Å². The Hall–Kier alpha value is -1.69. The van der Waals surface area contributed by atoms with Crippen molar-refractivity contribution >= 4 is 33.4 Å². The van der Waals surface area contributed by atoms with Crippen LogP contribution in [0, 0.1) is 6.92 Å². The number of aliphatic imine (C=N–C) groups is 1. The molecule has 4 rings (SSSR count). The maximum atomic E-state index is 5.02. The van der Waals surface area contributed by atoms with E-state index in [-0.39, 0.29) is 6.04 Å². The van der Waals surface area contributed by atoms with Gasteiger partial charge in [0.25, 0.3) is 0 Å². The number of fused-ring (bicyclic) bond motifs is 2. The fourth-order valence-electron chi connectivity index (χ4n) is 3.13. The molecular weight excluding hydrogens is 292 g/mol. The Morgan fingerprint density at radius 2 is 2.18 bits per heavy atom. The topological polar surface area (TPSA) is 39.7 Å². The highest BCUT2D eigenvalue weighted by molar-refractivity contribution is 7.16. The second-order valence-corrected chi connectivity index (χ2v) is 7.26. The summed E-state index contributed by atoms with van der Waals surface area (Å²) in [5.74, 6) is 0. The monoisotopic (exact) mass is 312 g/mol. The predicted octanol–water partition coefficient (Wildman–Crippen LogP) is 3.14. The summed E-state index contributed by atoms with van der Waals surface area (Å²) in [6.45, 7) is 5.25. The summed E-state index contributed by atoms with van der Waals surface area (Å²) in [5, 5.41) is 8.40. The van der Waals surface area contributed by atoms with Crippen LogP contribution in [0.4, 0.5) is 16.4 Å². The molecule has 0 radical (unpaired) electrons. The molecule has 0 spiro atoms. The number of rotatable bonds is 1. The molecule has 4 nitrogen and oxygen atoms in total. The molecule has 1 aromatic heterocycles. The summed E-state index contributed by atoms with van der Waals surface area (Å²) in [4.78, 5) is 8.71. The van der Waals surface area contributed by atoms with Crippen LogP contribution in [-0.2, 0) is 0 Å². The number of hydrogen-bond acceptors (Lipinski definition) is 5. The highest BCUT2D eigenvalue weighted by Gasteiger charge is 2.27. The van der Waals surface area contributed by atoms with Gasteiger partial charge in [0.2, 0.25) is 0 Å². The van der Waals surface area contributed by atoms with E-state index in [4.69, 9.17) is 4.99 Å². The van der Waals surface area contributed by atoms with Crippen LogP contribution in [-0.4, -0.2) is 43.3 Å². The minimum absolute atomic E-state index is 0.277. The van der Waals surface area contributed by atoms with Gasteiger partial charge in [-0.1, -0.05) is 12.1 Å². The summed E-state index contributed by atoms with van der Waals surface area (Å²) < 4.78 is 0. The third kappa shape index (κ3) is 2.45. The summed E-state index contributed by atoms with van der Waals surface area (Å²) in [6, 6.07) is 10.8. The summed E-state index contributed by atoms with van der Waals surface area (Å²) in [5.41, 5.74) is 4.51. The smallest absolute Gasteiger partial charge is 0.102 e. The Morgan fingerprint density at radius 3 is 3.05 bits per heavy atom. The molecule has 1 saturated heterocycles. The molecule has 22 heavy (non-hydrogen) atoms. The molecule has 114 valence electrons. The number of nitrogens with one attached hydrogen (secondary N) is 2. The first-order chi connectivity index (χ1) is 10.7. The molecule has 2 aliphatic rings. The van der Waals surface area contributed by atoms with Crippen LogP contribution in [0.25, 0.3) is 0 Å². The number of benzene rings is 1. The van der Waals surface area contributed by atoms with Crippen molar-refractivity contribution < 1.29 is 0 Å². The molecule has 3 heterocycles. The number of likely N-dealkylation sites (N-methyl/N-ethyl adjacent to an activating group) is 1. The minimum Gasteiger partial charge on any atom is -0.345 e. The number of para-hydroxylation sites is 2. The van der Waals surface area contributed by atoms with E-state index in [1.54, 1.807) is 11.3 Å². The maximum Gasteiger partial charge on any atom is 0.102 e. The molecule has 0 aliphatic carbocycles. The lowest BCUT2D eigenvalue weighted by Crippen LogP contribution is -2.53. The van der Waals surface area contributed by atoms with E-state index < -0.39 is 0 Å². The third-order valence-electron chi connectivity index (χ3n) is 4.23. The Balaban J connectivity index is 1.84. The molecule has 0 amide bonds. The number of thiophene rings is 1. The minimum atomic E-state index is 0.277. The van der Waals surface area contributed by atoms with Crippen molar-refractivity contribution in [1.82, 2.24) is 10.2 Å². The lowest BCUT2D eigenvalue weighted by Gasteiger charge is -2.31. The van der Waals surface area contributed by atoms with Gasteiger partial charge in [0, 0.05) is 30.1 Å². The number of anilines is 2. The van der Waals surface area contributed by atoms with Gasteiger partial charge in [-0.2, -0.15) is 0 Å². The van der Waals surface area contributed by atoms with E-state index in [2.05, 4.69) is 53.8 Å². The van der Waals surface area contributed by atoms with Crippen LogP contribution in [0.5, 0.6) is 0 Å². The molecule has 5 heteroatoms. The van der Waals surface area contributed by atoms with Gasteiger partial charge in [-0.3, -0.25) is 0 Å². The largest absolute Gasteiger partial charge is 0.345 e. The fraction of sp³-hybridized carbons (Fsp3) is 0.353. The summed E-state index contributed by atoms with van der Waals surface area (Å²) in [6.07, 6.45) is 0. The van der Waals surface area contributed by atoms with Gasteiger partial charge in [-0.05, 0) is 32.2 Å². The van der Waals surface area contributed by atoms with E-state index in [0.29, 0.717) is 0 Å². The van der Waals surface area contributed by atoms with E-state index in [0.717, 1.165) is 36.7 Å². The molecule has 2 N–H and O–H groups in total.